The molecule has 35 heavy (non-hydrogen) atoms. The monoisotopic (exact) mass is 504 g/mol. The fourth-order valence-corrected chi connectivity index (χ4v) is 4.98. The molecule has 1 aliphatic rings. The summed E-state index contributed by atoms with van der Waals surface area (Å²) in [4.78, 5) is 13.2. The molecular weight excluding hydrogens is 481 g/mol. The first-order valence-electron chi connectivity index (χ1n) is 10.7. The molecule has 0 heterocycles. The summed E-state index contributed by atoms with van der Waals surface area (Å²) in [6.07, 6.45) is -2.28. The van der Waals surface area contributed by atoms with Crippen molar-refractivity contribution in [1.82, 2.24) is 4.72 Å². The van der Waals surface area contributed by atoms with E-state index >= 15 is 0 Å². The van der Waals surface area contributed by atoms with Crippen molar-refractivity contribution in [1.29, 1.82) is 0 Å². The molecule has 184 valence electrons. The summed E-state index contributed by atoms with van der Waals surface area (Å²) in [5.74, 6) is 0.0182. The fraction of sp³-hybridized carbons (Fsp3) is 0.240. The third kappa shape index (κ3) is 5.83. The van der Waals surface area contributed by atoms with Gasteiger partial charge in [-0.3, -0.25) is 4.79 Å². The largest absolute Gasteiger partial charge is 0.497 e. The van der Waals surface area contributed by atoms with Crippen LogP contribution in [-0.4, -0.2) is 33.7 Å². The van der Waals surface area contributed by atoms with Crippen LogP contribution in [0.3, 0.4) is 0 Å². The van der Waals surface area contributed by atoms with Crippen molar-refractivity contribution in [3.05, 3.63) is 82.9 Å². The molecule has 1 amide bonds. The molecule has 10 heteroatoms. The predicted octanol–water partition coefficient (Wildman–Crippen LogP) is 4.65. The zero-order chi connectivity index (χ0) is 25.4. The Morgan fingerprint density at radius 2 is 1.66 bits per heavy atom. The average Bonchev–Trinajstić information content (AvgIpc) is 3.17. The summed E-state index contributed by atoms with van der Waals surface area (Å²) in [7, 11) is -1.87. The Kier molecular flexibility index (Phi) is 6.61. The molecular formula is C25H23F3N2O4S. The lowest BCUT2D eigenvalue weighted by molar-refractivity contribution is -0.137. The topological polar surface area (TPSA) is 84.5 Å². The van der Waals surface area contributed by atoms with E-state index in [1.54, 1.807) is 30.3 Å². The van der Waals surface area contributed by atoms with Crippen LogP contribution in [0.4, 0.5) is 18.9 Å². The standard InChI is InChI=1S/C25H23F3N2O4S/c1-34-21-9-10-22(23(14-21)15-3-6-18(7-4-15)25(26,27)28)24(31)29-19-8-5-16-11-20(13-17(16)12-19)30-35(2,32)33/h3-10,12,14,20,30H,11,13H2,1-2H3,(H,29,31). The van der Waals surface area contributed by atoms with Crippen LogP contribution in [-0.2, 0) is 29.0 Å². The molecule has 0 saturated heterocycles. The highest BCUT2D eigenvalue weighted by atomic mass is 32.2. The maximum Gasteiger partial charge on any atom is 0.416 e. The molecule has 4 rings (SSSR count). The summed E-state index contributed by atoms with van der Waals surface area (Å²) < 4.78 is 69.8. The van der Waals surface area contributed by atoms with E-state index in [0.29, 0.717) is 35.4 Å². The van der Waals surface area contributed by atoms with E-state index in [0.717, 1.165) is 29.5 Å². The number of sulfonamides is 1. The lowest BCUT2D eigenvalue weighted by Crippen LogP contribution is -2.34. The second-order valence-corrected chi connectivity index (χ2v) is 10.2. The quantitative estimate of drug-likeness (QED) is 0.512. The van der Waals surface area contributed by atoms with Crippen molar-refractivity contribution in [2.24, 2.45) is 0 Å². The van der Waals surface area contributed by atoms with Crippen molar-refractivity contribution < 1.29 is 31.1 Å². The molecule has 3 aromatic carbocycles. The van der Waals surface area contributed by atoms with Gasteiger partial charge in [0.05, 0.1) is 18.9 Å². The van der Waals surface area contributed by atoms with E-state index in [9.17, 15) is 26.4 Å². The number of nitrogens with one attached hydrogen (secondary N) is 2. The minimum absolute atomic E-state index is 0.237. The van der Waals surface area contributed by atoms with Crippen LogP contribution in [0, 0.1) is 0 Å². The maximum atomic E-state index is 13.2. The molecule has 1 aliphatic carbocycles. The van der Waals surface area contributed by atoms with E-state index in [2.05, 4.69) is 10.0 Å². The fourth-order valence-electron chi connectivity index (χ4n) is 4.21. The number of alkyl halides is 3. The highest BCUT2D eigenvalue weighted by molar-refractivity contribution is 7.88. The van der Waals surface area contributed by atoms with E-state index in [-0.39, 0.29) is 11.6 Å². The van der Waals surface area contributed by atoms with Crippen LogP contribution >= 0.6 is 0 Å². The van der Waals surface area contributed by atoms with Gasteiger partial charge in [0.25, 0.3) is 5.91 Å². The molecule has 1 unspecified atom stereocenters. The van der Waals surface area contributed by atoms with Gasteiger partial charge >= 0.3 is 6.18 Å². The lowest BCUT2D eigenvalue weighted by atomic mass is 9.97. The molecule has 0 aromatic heterocycles. The second-order valence-electron chi connectivity index (χ2n) is 8.42. The summed E-state index contributed by atoms with van der Waals surface area (Å²) >= 11 is 0. The maximum absolute atomic E-state index is 13.2. The Balaban J connectivity index is 1.59. The molecule has 0 aliphatic heterocycles. The molecule has 0 fully saturated rings. The Morgan fingerprint density at radius 3 is 2.29 bits per heavy atom. The van der Waals surface area contributed by atoms with Gasteiger partial charge < -0.3 is 10.1 Å². The van der Waals surface area contributed by atoms with Crippen molar-refractivity contribution >= 4 is 21.6 Å². The number of hydrogen-bond acceptors (Lipinski definition) is 4. The average molecular weight is 505 g/mol. The van der Waals surface area contributed by atoms with Gasteiger partial charge in [0.15, 0.2) is 0 Å². The predicted molar refractivity (Wildman–Crippen MR) is 127 cm³/mol. The summed E-state index contributed by atoms with van der Waals surface area (Å²) in [5, 5.41) is 2.84. The lowest BCUT2D eigenvalue weighted by Gasteiger charge is -2.14. The van der Waals surface area contributed by atoms with Crippen LogP contribution < -0.4 is 14.8 Å². The molecule has 0 bridgehead atoms. The molecule has 2 N–H and O–H groups in total. The third-order valence-electron chi connectivity index (χ3n) is 5.77. The number of halogens is 3. The number of benzene rings is 3. The highest BCUT2D eigenvalue weighted by Crippen LogP contribution is 2.34. The normalized spacial score (nSPS) is 15.5. The number of rotatable bonds is 6. The molecule has 0 spiro atoms. The van der Waals surface area contributed by atoms with Gasteiger partial charge in [-0.15, -0.1) is 0 Å². The Labute approximate surface area is 201 Å². The Hall–Kier alpha value is -3.37. The van der Waals surface area contributed by atoms with Crippen molar-refractivity contribution in [3.8, 4) is 16.9 Å². The Bertz CT molecular complexity index is 1370. The van der Waals surface area contributed by atoms with Crippen LogP contribution in [0.2, 0.25) is 0 Å². The molecule has 1 atom stereocenters. The summed E-state index contributed by atoms with van der Waals surface area (Å²) in [6, 6.07) is 14.5. The van der Waals surface area contributed by atoms with E-state index in [4.69, 9.17) is 4.74 Å². The molecule has 0 saturated carbocycles. The first kappa shape index (κ1) is 24.7. The smallest absolute Gasteiger partial charge is 0.416 e. The highest BCUT2D eigenvalue weighted by Gasteiger charge is 2.30. The van der Waals surface area contributed by atoms with Crippen molar-refractivity contribution in [2.45, 2.75) is 25.1 Å². The van der Waals surface area contributed by atoms with Crippen LogP contribution in [0.1, 0.15) is 27.0 Å². The van der Waals surface area contributed by atoms with Gasteiger partial charge in [-0.1, -0.05) is 18.2 Å². The van der Waals surface area contributed by atoms with Crippen molar-refractivity contribution in [2.75, 3.05) is 18.7 Å². The van der Waals surface area contributed by atoms with Gasteiger partial charge in [0.1, 0.15) is 5.75 Å². The first-order valence-corrected chi connectivity index (χ1v) is 12.6. The van der Waals surface area contributed by atoms with Gasteiger partial charge in [-0.05, 0) is 77.6 Å². The van der Waals surface area contributed by atoms with Crippen molar-refractivity contribution in [3.63, 3.8) is 0 Å². The van der Waals surface area contributed by atoms with E-state index < -0.39 is 27.7 Å². The first-order chi connectivity index (χ1) is 16.4. The van der Waals surface area contributed by atoms with Gasteiger partial charge in [-0.2, -0.15) is 13.2 Å². The number of fused-ring (bicyclic) bond motifs is 1. The van der Waals surface area contributed by atoms with Crippen LogP contribution in [0.25, 0.3) is 11.1 Å². The number of hydrogen-bond donors (Lipinski definition) is 2. The summed E-state index contributed by atoms with van der Waals surface area (Å²) in [5.41, 5.74) is 2.81. The Morgan fingerprint density at radius 1 is 0.971 bits per heavy atom. The SMILES string of the molecule is COc1ccc(C(=O)Nc2ccc3c(c2)CC(NS(C)(=O)=O)C3)c(-c2ccc(C(F)(F)F)cc2)c1. The van der Waals surface area contributed by atoms with E-state index in [1.807, 2.05) is 6.07 Å². The van der Waals surface area contributed by atoms with Crippen LogP contribution in [0.5, 0.6) is 5.75 Å². The third-order valence-corrected chi connectivity index (χ3v) is 6.53. The number of ether oxygens (including phenoxy) is 1. The minimum Gasteiger partial charge on any atom is -0.497 e. The number of carbonyl (C=O) groups excluding carboxylic acids is 1. The molecule has 6 nitrogen and oxygen atoms in total. The van der Waals surface area contributed by atoms with Gasteiger partial charge in [-0.25, -0.2) is 13.1 Å². The van der Waals surface area contributed by atoms with Gasteiger partial charge in [0, 0.05) is 17.3 Å². The van der Waals surface area contributed by atoms with Crippen LogP contribution in [0.15, 0.2) is 60.7 Å². The van der Waals surface area contributed by atoms with E-state index in [1.165, 1.54) is 19.2 Å². The number of carbonyl (C=O) groups is 1. The zero-order valence-electron chi connectivity index (χ0n) is 18.9. The van der Waals surface area contributed by atoms with Gasteiger partial charge in [0.2, 0.25) is 10.0 Å². The summed E-state index contributed by atoms with van der Waals surface area (Å²) in [6.45, 7) is 0. The number of methoxy groups -OCH3 is 1. The number of anilines is 1. The second kappa shape index (κ2) is 9.35. The molecule has 0 radical (unpaired) electrons. The minimum atomic E-state index is -4.46. The number of amides is 1. The molecule has 3 aromatic rings. The zero-order valence-corrected chi connectivity index (χ0v) is 19.8.